The van der Waals surface area contributed by atoms with Crippen LogP contribution in [0.1, 0.15) is 47.7 Å². The zero-order chi connectivity index (χ0) is 22.0. The van der Waals surface area contributed by atoms with Gasteiger partial charge in [-0.15, -0.1) is 0 Å². The van der Waals surface area contributed by atoms with Gasteiger partial charge in [0.15, 0.2) is 0 Å². The minimum absolute atomic E-state index is 0.101. The van der Waals surface area contributed by atoms with Crippen molar-refractivity contribution in [1.29, 1.82) is 0 Å². The normalized spacial score (nSPS) is 16.7. The van der Waals surface area contributed by atoms with Crippen LogP contribution in [0, 0.1) is 0 Å². The molecule has 0 spiro atoms. The summed E-state index contributed by atoms with van der Waals surface area (Å²) in [6.07, 6.45) is 3.50. The highest BCUT2D eigenvalue weighted by atomic mass is 32.2. The van der Waals surface area contributed by atoms with Crippen LogP contribution in [0.25, 0.3) is 0 Å². The van der Waals surface area contributed by atoms with Crippen molar-refractivity contribution in [2.75, 3.05) is 24.5 Å². The molecular formula is C23H27N3O4S. The Labute approximate surface area is 183 Å². The highest BCUT2D eigenvalue weighted by Gasteiger charge is 2.30. The van der Waals surface area contributed by atoms with Gasteiger partial charge in [-0.3, -0.25) is 9.59 Å². The molecule has 0 radical (unpaired) electrons. The van der Waals surface area contributed by atoms with Crippen LogP contribution in [0.3, 0.4) is 0 Å². The maximum atomic E-state index is 13.0. The molecule has 2 amide bonds. The van der Waals surface area contributed by atoms with E-state index in [1.807, 2.05) is 12.1 Å². The number of nitrogens with one attached hydrogen (secondary N) is 1. The van der Waals surface area contributed by atoms with Crippen molar-refractivity contribution < 1.29 is 18.0 Å². The van der Waals surface area contributed by atoms with Gasteiger partial charge in [-0.25, -0.2) is 8.42 Å². The fourth-order valence-electron chi connectivity index (χ4n) is 4.15. The molecule has 1 N–H and O–H groups in total. The fourth-order valence-corrected chi connectivity index (χ4v) is 5.72. The second-order valence-electron chi connectivity index (χ2n) is 8.07. The van der Waals surface area contributed by atoms with Crippen molar-refractivity contribution >= 4 is 27.5 Å². The van der Waals surface area contributed by atoms with E-state index in [0.717, 1.165) is 36.1 Å². The van der Waals surface area contributed by atoms with Crippen LogP contribution in [0.5, 0.6) is 0 Å². The van der Waals surface area contributed by atoms with E-state index in [2.05, 4.69) is 5.32 Å². The summed E-state index contributed by atoms with van der Waals surface area (Å²) in [4.78, 5) is 26.1. The number of benzene rings is 2. The van der Waals surface area contributed by atoms with Crippen LogP contribution < -0.4 is 10.2 Å². The number of hydrogen-bond acceptors (Lipinski definition) is 4. The van der Waals surface area contributed by atoms with Crippen LogP contribution in [-0.2, 0) is 27.8 Å². The third-order valence-electron chi connectivity index (χ3n) is 5.89. The molecule has 4 rings (SSSR count). The Balaban J connectivity index is 1.51. The molecule has 0 aromatic heterocycles. The Kier molecular flexibility index (Phi) is 6.11. The van der Waals surface area contributed by atoms with Gasteiger partial charge in [0.2, 0.25) is 15.9 Å². The zero-order valence-electron chi connectivity index (χ0n) is 17.6. The Morgan fingerprint density at radius 3 is 2.35 bits per heavy atom. The summed E-state index contributed by atoms with van der Waals surface area (Å²) >= 11 is 0. The van der Waals surface area contributed by atoms with Crippen LogP contribution in [-0.4, -0.2) is 44.2 Å². The molecule has 7 nitrogen and oxygen atoms in total. The van der Waals surface area contributed by atoms with Crippen molar-refractivity contribution in [3.8, 4) is 0 Å². The molecule has 2 aliphatic rings. The van der Waals surface area contributed by atoms with Crippen LogP contribution in [0.15, 0.2) is 47.4 Å². The summed E-state index contributed by atoms with van der Waals surface area (Å²) in [5.74, 6) is -0.216. The topological polar surface area (TPSA) is 86.8 Å². The summed E-state index contributed by atoms with van der Waals surface area (Å²) in [5, 5.41) is 2.73. The van der Waals surface area contributed by atoms with Crippen LogP contribution in [0.2, 0.25) is 0 Å². The second-order valence-corrected chi connectivity index (χ2v) is 10.0. The molecule has 8 heteroatoms. The minimum atomic E-state index is -3.49. The van der Waals surface area contributed by atoms with Gasteiger partial charge in [-0.2, -0.15) is 4.31 Å². The van der Waals surface area contributed by atoms with Gasteiger partial charge in [0, 0.05) is 44.4 Å². The number of rotatable bonds is 5. The Morgan fingerprint density at radius 2 is 1.68 bits per heavy atom. The number of piperidine rings is 1. The van der Waals surface area contributed by atoms with E-state index in [0.29, 0.717) is 43.1 Å². The number of hydrogen-bond donors (Lipinski definition) is 1. The molecular weight excluding hydrogens is 414 g/mol. The first-order chi connectivity index (χ1) is 14.9. The van der Waals surface area contributed by atoms with E-state index >= 15 is 0 Å². The predicted octanol–water partition coefficient (Wildman–Crippen LogP) is 2.70. The van der Waals surface area contributed by atoms with Crippen molar-refractivity contribution in [1.82, 2.24) is 9.62 Å². The first-order valence-corrected chi connectivity index (χ1v) is 12.1. The smallest absolute Gasteiger partial charge is 0.258 e. The molecule has 2 heterocycles. The van der Waals surface area contributed by atoms with Crippen molar-refractivity contribution in [2.45, 2.75) is 44.0 Å². The summed E-state index contributed by atoms with van der Waals surface area (Å²) < 4.78 is 27.5. The Bertz CT molecular complexity index is 1090. The Morgan fingerprint density at radius 1 is 0.968 bits per heavy atom. The number of fused-ring (bicyclic) bond motifs is 1. The van der Waals surface area contributed by atoms with Gasteiger partial charge in [0.1, 0.15) is 0 Å². The van der Waals surface area contributed by atoms with E-state index in [4.69, 9.17) is 0 Å². The fraction of sp³-hybridized carbons (Fsp3) is 0.391. The van der Waals surface area contributed by atoms with Gasteiger partial charge in [0.05, 0.1) is 4.90 Å². The number of carbonyl (C=O) groups excluding carboxylic acids is 2. The average Bonchev–Trinajstić information content (AvgIpc) is 3.21. The molecule has 2 aromatic rings. The monoisotopic (exact) mass is 441 g/mol. The molecule has 0 unspecified atom stereocenters. The van der Waals surface area contributed by atoms with E-state index < -0.39 is 10.0 Å². The largest absolute Gasteiger partial charge is 0.352 e. The average molecular weight is 442 g/mol. The summed E-state index contributed by atoms with van der Waals surface area (Å²) in [6.45, 7) is 3.55. The van der Waals surface area contributed by atoms with E-state index in [9.17, 15) is 18.0 Å². The lowest BCUT2D eigenvalue weighted by Gasteiger charge is -2.26. The number of carbonyl (C=O) groups is 2. The first kappa shape index (κ1) is 21.5. The third-order valence-corrected chi connectivity index (χ3v) is 7.78. The number of sulfonamides is 1. The lowest BCUT2D eigenvalue weighted by Crippen LogP contribution is -2.35. The van der Waals surface area contributed by atoms with Crippen molar-refractivity contribution in [3.63, 3.8) is 0 Å². The Hall–Kier alpha value is -2.71. The zero-order valence-corrected chi connectivity index (χ0v) is 18.5. The SMILES string of the molecule is CC(=O)NCc1ccc(C(=O)N2CCc3cc(S(=O)(=O)N4CCCCC4)ccc32)cc1. The second kappa shape index (κ2) is 8.80. The lowest BCUT2D eigenvalue weighted by molar-refractivity contribution is -0.119. The molecule has 164 valence electrons. The summed E-state index contributed by atoms with van der Waals surface area (Å²) in [7, 11) is -3.49. The molecule has 0 atom stereocenters. The van der Waals surface area contributed by atoms with Crippen molar-refractivity contribution in [2.24, 2.45) is 0 Å². The first-order valence-electron chi connectivity index (χ1n) is 10.6. The molecule has 1 saturated heterocycles. The highest BCUT2D eigenvalue weighted by molar-refractivity contribution is 7.89. The maximum Gasteiger partial charge on any atom is 0.258 e. The van der Waals surface area contributed by atoms with Crippen LogP contribution >= 0.6 is 0 Å². The lowest BCUT2D eigenvalue weighted by atomic mass is 10.1. The predicted molar refractivity (Wildman–Crippen MR) is 118 cm³/mol. The molecule has 31 heavy (non-hydrogen) atoms. The van der Waals surface area contributed by atoms with E-state index in [1.165, 1.54) is 6.92 Å². The molecule has 1 fully saturated rings. The minimum Gasteiger partial charge on any atom is -0.352 e. The van der Waals surface area contributed by atoms with Gasteiger partial charge in [0.25, 0.3) is 5.91 Å². The quantitative estimate of drug-likeness (QED) is 0.773. The highest BCUT2D eigenvalue weighted by Crippen LogP contribution is 2.32. The van der Waals surface area contributed by atoms with E-state index in [-0.39, 0.29) is 11.8 Å². The molecule has 2 aromatic carbocycles. The molecule has 0 bridgehead atoms. The van der Waals surface area contributed by atoms with Gasteiger partial charge < -0.3 is 10.2 Å². The summed E-state index contributed by atoms with van der Waals surface area (Å²) in [6, 6.07) is 12.3. The number of nitrogens with zero attached hydrogens (tertiary/aromatic N) is 2. The van der Waals surface area contributed by atoms with Crippen molar-refractivity contribution in [3.05, 3.63) is 59.2 Å². The molecule has 2 aliphatic heterocycles. The standard InChI is InChI=1S/C23H27N3O4S/c1-17(27)24-16-18-5-7-19(8-6-18)23(28)26-14-11-20-15-21(9-10-22(20)26)31(29,30)25-12-3-2-4-13-25/h5-10,15H,2-4,11-14,16H2,1H3,(H,24,27). The number of amides is 2. The molecule has 0 saturated carbocycles. The van der Waals surface area contributed by atoms with Gasteiger partial charge in [-0.1, -0.05) is 18.6 Å². The third kappa shape index (κ3) is 4.50. The molecule has 0 aliphatic carbocycles. The van der Waals surface area contributed by atoms with Gasteiger partial charge in [-0.05, 0) is 60.7 Å². The summed E-state index contributed by atoms with van der Waals surface area (Å²) in [5.41, 5.74) is 3.13. The maximum absolute atomic E-state index is 13.0. The van der Waals surface area contributed by atoms with Crippen LogP contribution in [0.4, 0.5) is 5.69 Å². The van der Waals surface area contributed by atoms with E-state index in [1.54, 1.807) is 39.5 Å². The van der Waals surface area contributed by atoms with Gasteiger partial charge >= 0.3 is 0 Å². The number of anilines is 1.